The smallest absolute Gasteiger partial charge is 0.252 e. The number of halogens is 1. The molecule has 5 nitrogen and oxygen atoms in total. The maximum atomic E-state index is 13.0. The summed E-state index contributed by atoms with van der Waals surface area (Å²) >= 11 is 6.87. The van der Waals surface area contributed by atoms with Crippen LogP contribution < -0.4 is 0 Å². The van der Waals surface area contributed by atoms with E-state index in [9.17, 15) is 4.39 Å². The molecule has 0 N–H and O–H groups in total. The van der Waals surface area contributed by atoms with Gasteiger partial charge in [0.15, 0.2) is 0 Å². The molecule has 1 aliphatic heterocycles. The van der Waals surface area contributed by atoms with Crippen molar-refractivity contribution >= 4 is 28.9 Å². The van der Waals surface area contributed by atoms with E-state index in [1.165, 1.54) is 23.5 Å². The fourth-order valence-corrected chi connectivity index (χ4v) is 6.09. The summed E-state index contributed by atoms with van der Waals surface area (Å²) < 4.78 is 40.7. The van der Waals surface area contributed by atoms with Gasteiger partial charge in [0.05, 0.1) is 52.9 Å². The van der Waals surface area contributed by atoms with Gasteiger partial charge in [-0.15, -0.1) is 0 Å². The van der Waals surface area contributed by atoms with Crippen LogP contribution in [0.3, 0.4) is 0 Å². The van der Waals surface area contributed by atoms with Crippen LogP contribution in [0.25, 0.3) is 0 Å². The molecule has 0 aromatic heterocycles. The molecule has 9 heteroatoms. The van der Waals surface area contributed by atoms with Crippen LogP contribution in [0.15, 0.2) is 29.2 Å². The van der Waals surface area contributed by atoms with E-state index in [0.29, 0.717) is 52.9 Å². The van der Waals surface area contributed by atoms with Crippen molar-refractivity contribution in [3.8, 4) is 0 Å². The highest BCUT2D eigenvalue weighted by molar-refractivity contribution is 8.67. The number of rotatable bonds is 2. The van der Waals surface area contributed by atoms with Crippen LogP contribution in [0.4, 0.5) is 4.39 Å². The summed E-state index contributed by atoms with van der Waals surface area (Å²) in [5.74, 6) is -0.289. The van der Waals surface area contributed by atoms with E-state index in [4.69, 9.17) is 35.1 Å². The van der Waals surface area contributed by atoms with Gasteiger partial charge in [0.25, 0.3) is 5.69 Å². The third kappa shape index (κ3) is 8.05. The Morgan fingerprint density at radius 3 is 1.70 bits per heavy atom. The lowest BCUT2D eigenvalue weighted by Gasteiger charge is -2.22. The summed E-state index contributed by atoms with van der Waals surface area (Å²) in [5.41, 5.74) is -2.59. The number of hydrogen-bond acceptors (Lipinski definition) is 7. The third-order valence-corrected chi connectivity index (χ3v) is 7.67. The van der Waals surface area contributed by atoms with E-state index in [0.717, 1.165) is 4.90 Å². The van der Waals surface area contributed by atoms with E-state index < -0.39 is 5.69 Å². The molecule has 1 aromatic carbocycles. The van der Waals surface area contributed by atoms with Crippen molar-refractivity contribution in [2.45, 2.75) is 4.90 Å². The van der Waals surface area contributed by atoms with Crippen molar-refractivity contribution in [3.05, 3.63) is 30.1 Å². The van der Waals surface area contributed by atoms with Crippen LogP contribution in [0, 0.1) is 5.82 Å². The van der Waals surface area contributed by atoms with Gasteiger partial charge in [-0.1, -0.05) is 0 Å². The second-order valence-corrected chi connectivity index (χ2v) is 10.7. The quantitative estimate of drug-likeness (QED) is 0.728. The molecule has 0 bridgehead atoms. The monoisotopic (exact) mass is 382 g/mol. The molecule has 0 radical (unpaired) electrons. The fraction of sp³-hybridized carbons (Fsp3) is 0.571. The van der Waals surface area contributed by atoms with E-state index in [1.54, 1.807) is 12.1 Å². The Hall–Kier alpha value is -0.0500. The standard InChI is InChI=1S/C14H20FO5PS2/c15-13-1-3-14(4-2-13)23-21(22)19-11-9-17-7-5-16-6-8-18-10-12-20-21/h1-4H,5-12H2. The van der Waals surface area contributed by atoms with Gasteiger partial charge in [-0.05, 0) is 47.5 Å². The molecule has 2 rings (SSSR count). The predicted molar refractivity (Wildman–Crippen MR) is 90.9 cm³/mol. The van der Waals surface area contributed by atoms with Gasteiger partial charge in [0.1, 0.15) is 5.82 Å². The molecule has 0 saturated carbocycles. The average molecular weight is 382 g/mol. The highest BCUT2D eigenvalue weighted by atomic mass is 32.9. The fourth-order valence-electron chi connectivity index (χ4n) is 1.67. The van der Waals surface area contributed by atoms with Crippen LogP contribution >= 0.6 is 17.1 Å². The summed E-state index contributed by atoms with van der Waals surface area (Å²) in [6.45, 7) is 3.57. The minimum Gasteiger partial charge on any atom is -0.377 e. The third-order valence-electron chi connectivity index (χ3n) is 2.73. The molecule has 23 heavy (non-hydrogen) atoms. The van der Waals surface area contributed by atoms with Crippen LogP contribution in [0.1, 0.15) is 0 Å². The molecule has 0 amide bonds. The van der Waals surface area contributed by atoms with Gasteiger partial charge in [-0.3, -0.25) is 0 Å². The molecule has 130 valence electrons. The molecule has 0 spiro atoms. The Morgan fingerprint density at radius 2 is 1.22 bits per heavy atom. The molecule has 1 aromatic rings. The summed E-state index contributed by atoms with van der Waals surface area (Å²) in [4.78, 5) is 0.811. The molecule has 1 fully saturated rings. The van der Waals surface area contributed by atoms with Crippen LogP contribution in [0.5, 0.6) is 0 Å². The van der Waals surface area contributed by atoms with Gasteiger partial charge < -0.3 is 23.3 Å². The molecule has 0 atom stereocenters. The van der Waals surface area contributed by atoms with Crippen molar-refractivity contribution in [2.75, 3.05) is 52.9 Å². The van der Waals surface area contributed by atoms with Crippen LogP contribution in [0.2, 0.25) is 0 Å². The van der Waals surface area contributed by atoms with Crippen molar-refractivity contribution in [1.82, 2.24) is 0 Å². The Kier molecular flexibility index (Phi) is 9.00. The topological polar surface area (TPSA) is 46.2 Å². The van der Waals surface area contributed by atoms with Crippen molar-refractivity contribution in [2.24, 2.45) is 0 Å². The number of benzene rings is 1. The Bertz CT molecular complexity index is 484. The molecular formula is C14H20FO5PS2. The van der Waals surface area contributed by atoms with E-state index in [1.807, 2.05) is 0 Å². The van der Waals surface area contributed by atoms with Gasteiger partial charge in [-0.2, -0.15) is 0 Å². The largest absolute Gasteiger partial charge is 0.377 e. The molecule has 0 aliphatic carbocycles. The van der Waals surface area contributed by atoms with Crippen LogP contribution in [-0.4, -0.2) is 52.9 Å². The zero-order valence-electron chi connectivity index (χ0n) is 12.6. The molecule has 1 saturated heterocycles. The minimum atomic E-state index is -2.59. The summed E-state index contributed by atoms with van der Waals surface area (Å²) in [6, 6.07) is 6.10. The number of ether oxygens (including phenoxy) is 3. The van der Waals surface area contributed by atoms with Crippen molar-refractivity contribution < 1.29 is 27.6 Å². The maximum Gasteiger partial charge on any atom is 0.252 e. The second kappa shape index (κ2) is 10.7. The molecular weight excluding hydrogens is 362 g/mol. The zero-order valence-corrected chi connectivity index (χ0v) is 15.2. The Labute approximate surface area is 144 Å². The Balaban J connectivity index is 1.93. The highest BCUT2D eigenvalue weighted by Crippen LogP contribution is 2.63. The zero-order chi connectivity index (χ0) is 16.4. The minimum absolute atomic E-state index is 0.289. The highest BCUT2D eigenvalue weighted by Gasteiger charge is 2.21. The predicted octanol–water partition coefficient (Wildman–Crippen LogP) is 3.24. The van der Waals surface area contributed by atoms with Gasteiger partial charge in [0.2, 0.25) is 0 Å². The lowest BCUT2D eigenvalue weighted by Crippen LogP contribution is -2.14. The second-order valence-electron chi connectivity index (χ2n) is 4.50. The van der Waals surface area contributed by atoms with Gasteiger partial charge >= 0.3 is 0 Å². The lowest BCUT2D eigenvalue weighted by atomic mass is 10.4. The average Bonchev–Trinajstić information content (AvgIpc) is 2.54. The summed E-state index contributed by atoms with van der Waals surface area (Å²) in [5, 5.41) is 0. The van der Waals surface area contributed by atoms with E-state index >= 15 is 0 Å². The van der Waals surface area contributed by atoms with Crippen molar-refractivity contribution in [1.29, 1.82) is 0 Å². The van der Waals surface area contributed by atoms with Crippen molar-refractivity contribution in [3.63, 3.8) is 0 Å². The van der Waals surface area contributed by atoms with Crippen LogP contribution in [-0.2, 0) is 35.1 Å². The first-order valence-corrected chi connectivity index (χ1v) is 11.3. The van der Waals surface area contributed by atoms with Gasteiger partial charge in [-0.25, -0.2) is 4.39 Å². The maximum absolute atomic E-state index is 13.0. The molecule has 1 heterocycles. The first-order valence-electron chi connectivity index (χ1n) is 7.25. The first kappa shape index (κ1) is 19.3. The normalized spacial score (nSPS) is 21.4. The first-order chi connectivity index (χ1) is 11.2. The Morgan fingerprint density at radius 1 is 0.783 bits per heavy atom. The lowest BCUT2D eigenvalue weighted by molar-refractivity contribution is 0.000453. The summed E-state index contributed by atoms with van der Waals surface area (Å²) in [6.07, 6.45) is 0. The molecule has 0 unspecified atom stereocenters. The van der Waals surface area contributed by atoms with Gasteiger partial charge in [0, 0.05) is 4.90 Å². The summed E-state index contributed by atoms with van der Waals surface area (Å²) in [7, 11) is 0. The molecule has 1 aliphatic rings. The van der Waals surface area contributed by atoms with E-state index in [-0.39, 0.29) is 5.82 Å². The van der Waals surface area contributed by atoms with E-state index in [2.05, 4.69) is 0 Å². The SMILES string of the molecule is Fc1ccc(SP2(=S)OCCOCCOCCOCCO2)cc1. The number of hydrogen-bond donors (Lipinski definition) is 0.